The smallest absolute Gasteiger partial charge is 0.254 e. The van der Waals surface area contributed by atoms with Crippen LogP contribution in [0.1, 0.15) is 28.9 Å². The summed E-state index contributed by atoms with van der Waals surface area (Å²) in [5.74, 6) is -0.136. The Hall–Kier alpha value is -2.96. The summed E-state index contributed by atoms with van der Waals surface area (Å²) >= 11 is 0. The Kier molecular flexibility index (Phi) is 6.57. The lowest BCUT2D eigenvalue weighted by atomic mass is 10.1. The summed E-state index contributed by atoms with van der Waals surface area (Å²) < 4.78 is 13.5. The van der Waals surface area contributed by atoms with Crippen LogP contribution in [0, 0.1) is 5.82 Å². The number of aromatic nitrogens is 1. The molecule has 0 spiro atoms. The Morgan fingerprint density at radius 2 is 1.96 bits per heavy atom. The summed E-state index contributed by atoms with van der Waals surface area (Å²) in [4.78, 5) is 33.1. The van der Waals surface area contributed by atoms with E-state index in [1.165, 1.54) is 23.1 Å². The number of hydrogen-bond acceptors (Lipinski definition) is 4. The molecule has 3 rings (SSSR count). The number of fused-ring (bicyclic) bond motifs is 2. The second kappa shape index (κ2) is 9.30. The number of benzene rings is 1. The molecule has 0 atom stereocenters. The minimum Gasteiger partial charge on any atom is -0.368 e. The maximum absolute atomic E-state index is 13.5. The molecule has 0 unspecified atom stereocenters. The molecule has 0 fully saturated rings. The fraction of sp³-hybridized carbons (Fsp3) is 0.381. The van der Waals surface area contributed by atoms with Crippen molar-refractivity contribution in [3.05, 3.63) is 59.5 Å². The summed E-state index contributed by atoms with van der Waals surface area (Å²) in [6.45, 7) is 1.48. The summed E-state index contributed by atoms with van der Waals surface area (Å²) in [5, 5.41) is 3.23. The van der Waals surface area contributed by atoms with Gasteiger partial charge in [0.2, 0.25) is 5.91 Å². The van der Waals surface area contributed by atoms with Gasteiger partial charge in [0.1, 0.15) is 18.2 Å². The Morgan fingerprint density at radius 1 is 1.14 bits per heavy atom. The third-order valence-electron chi connectivity index (χ3n) is 4.78. The van der Waals surface area contributed by atoms with E-state index < -0.39 is 5.82 Å². The molecular formula is C21H25FN4O2. The number of hydrogen-bond donors (Lipinski definition) is 1. The number of pyridine rings is 1. The van der Waals surface area contributed by atoms with Crippen LogP contribution in [-0.2, 0) is 11.2 Å². The molecule has 1 aliphatic heterocycles. The van der Waals surface area contributed by atoms with Crippen molar-refractivity contribution >= 4 is 17.6 Å². The Labute approximate surface area is 164 Å². The molecule has 7 heteroatoms. The lowest BCUT2D eigenvalue weighted by Crippen LogP contribution is -2.43. The van der Waals surface area contributed by atoms with E-state index in [0.29, 0.717) is 19.6 Å². The molecule has 148 valence electrons. The molecule has 2 aromatic rings. The Morgan fingerprint density at radius 3 is 2.79 bits per heavy atom. The molecule has 1 aromatic heterocycles. The maximum Gasteiger partial charge on any atom is 0.254 e. The number of nitrogens with zero attached hydrogens (tertiary/aromatic N) is 3. The monoisotopic (exact) mass is 384 g/mol. The molecule has 2 amide bonds. The van der Waals surface area contributed by atoms with Crippen molar-refractivity contribution < 1.29 is 14.0 Å². The van der Waals surface area contributed by atoms with E-state index in [2.05, 4.69) is 10.3 Å². The summed E-state index contributed by atoms with van der Waals surface area (Å²) in [5.41, 5.74) is 1.25. The maximum atomic E-state index is 13.5. The molecular weight excluding hydrogens is 359 g/mol. The molecule has 1 aromatic carbocycles. The van der Waals surface area contributed by atoms with Crippen molar-refractivity contribution in [2.24, 2.45) is 0 Å². The van der Waals surface area contributed by atoms with Crippen LogP contribution in [0.4, 0.5) is 10.2 Å². The average molecular weight is 384 g/mol. The summed E-state index contributed by atoms with van der Waals surface area (Å²) in [6, 6.07) is 11.5. The van der Waals surface area contributed by atoms with E-state index in [-0.39, 0.29) is 23.9 Å². The van der Waals surface area contributed by atoms with Gasteiger partial charge in [-0.25, -0.2) is 9.37 Å². The van der Waals surface area contributed by atoms with E-state index in [1.54, 1.807) is 18.0 Å². The molecule has 0 radical (unpaired) electrons. The molecule has 0 aliphatic carbocycles. The second-order valence-corrected chi connectivity index (χ2v) is 6.95. The number of aryl methyl sites for hydroxylation is 1. The first-order valence-corrected chi connectivity index (χ1v) is 9.51. The number of nitrogens with one attached hydrogen (secondary N) is 1. The molecule has 0 saturated carbocycles. The number of rotatable bonds is 1. The second-order valence-electron chi connectivity index (χ2n) is 6.95. The van der Waals surface area contributed by atoms with Gasteiger partial charge in [-0.15, -0.1) is 0 Å². The van der Waals surface area contributed by atoms with Gasteiger partial charge in [-0.1, -0.05) is 12.1 Å². The van der Waals surface area contributed by atoms with Crippen LogP contribution in [0.2, 0.25) is 0 Å². The number of anilines is 1. The van der Waals surface area contributed by atoms with Gasteiger partial charge in [0, 0.05) is 37.9 Å². The third-order valence-corrected chi connectivity index (χ3v) is 4.78. The Balaban J connectivity index is 1.76. The predicted molar refractivity (Wildman–Crippen MR) is 106 cm³/mol. The minimum atomic E-state index is -0.464. The lowest BCUT2D eigenvalue weighted by molar-refractivity contribution is -0.130. The highest BCUT2D eigenvalue weighted by Gasteiger charge is 2.21. The van der Waals surface area contributed by atoms with Crippen LogP contribution in [0.15, 0.2) is 42.5 Å². The largest absolute Gasteiger partial charge is 0.368 e. The molecule has 1 aliphatic rings. The first kappa shape index (κ1) is 19.8. The van der Waals surface area contributed by atoms with Gasteiger partial charge in [-0.2, -0.15) is 0 Å². The first-order valence-electron chi connectivity index (χ1n) is 9.51. The van der Waals surface area contributed by atoms with Crippen molar-refractivity contribution in [2.75, 3.05) is 38.5 Å². The fourth-order valence-corrected chi connectivity index (χ4v) is 3.14. The zero-order chi connectivity index (χ0) is 19.9. The molecule has 28 heavy (non-hydrogen) atoms. The van der Waals surface area contributed by atoms with Crippen molar-refractivity contribution in [1.82, 2.24) is 14.8 Å². The average Bonchev–Trinajstić information content (AvgIpc) is 2.69. The normalized spacial score (nSPS) is 16.3. The van der Waals surface area contributed by atoms with E-state index >= 15 is 0 Å². The van der Waals surface area contributed by atoms with E-state index in [4.69, 9.17) is 0 Å². The van der Waals surface area contributed by atoms with Crippen molar-refractivity contribution in [3.63, 3.8) is 0 Å². The number of carbonyl (C=O) groups is 2. The zero-order valence-electron chi connectivity index (χ0n) is 16.0. The summed E-state index contributed by atoms with van der Waals surface area (Å²) in [7, 11) is 1.71. The Bertz CT molecular complexity index is 843. The number of halogens is 1. The minimum absolute atomic E-state index is 0.0185. The van der Waals surface area contributed by atoms with Crippen LogP contribution in [0.3, 0.4) is 0 Å². The number of carbonyl (C=O) groups excluding carboxylic acids is 2. The van der Waals surface area contributed by atoms with Gasteiger partial charge in [-0.3, -0.25) is 9.59 Å². The van der Waals surface area contributed by atoms with Crippen molar-refractivity contribution in [1.29, 1.82) is 0 Å². The van der Waals surface area contributed by atoms with Gasteiger partial charge in [0.25, 0.3) is 5.91 Å². The third kappa shape index (κ3) is 5.28. The molecule has 1 N–H and O–H groups in total. The van der Waals surface area contributed by atoms with Crippen molar-refractivity contribution in [3.8, 4) is 0 Å². The number of amides is 2. The van der Waals surface area contributed by atoms with E-state index in [1.807, 2.05) is 18.2 Å². The van der Waals surface area contributed by atoms with E-state index in [9.17, 15) is 14.0 Å². The highest BCUT2D eigenvalue weighted by molar-refractivity contribution is 5.96. The van der Waals surface area contributed by atoms with Gasteiger partial charge < -0.3 is 15.1 Å². The zero-order valence-corrected chi connectivity index (χ0v) is 16.0. The van der Waals surface area contributed by atoms with Gasteiger partial charge in [0.05, 0.1) is 0 Å². The van der Waals surface area contributed by atoms with Crippen LogP contribution < -0.4 is 5.32 Å². The van der Waals surface area contributed by atoms with Crippen LogP contribution in [0.25, 0.3) is 0 Å². The topological polar surface area (TPSA) is 65.5 Å². The fourth-order valence-electron chi connectivity index (χ4n) is 3.14. The van der Waals surface area contributed by atoms with Crippen LogP contribution in [-0.4, -0.2) is 59.8 Å². The van der Waals surface area contributed by atoms with Crippen molar-refractivity contribution in [2.45, 2.75) is 19.3 Å². The van der Waals surface area contributed by atoms with E-state index in [0.717, 1.165) is 30.8 Å². The van der Waals surface area contributed by atoms with Gasteiger partial charge in [0.15, 0.2) is 0 Å². The van der Waals surface area contributed by atoms with Gasteiger partial charge in [-0.05, 0) is 49.6 Å². The van der Waals surface area contributed by atoms with Crippen LogP contribution >= 0.6 is 0 Å². The first-order chi connectivity index (χ1) is 13.5. The molecule has 6 nitrogen and oxygen atoms in total. The predicted octanol–water partition coefficient (Wildman–Crippen LogP) is 2.57. The molecule has 2 heterocycles. The molecule has 2 bridgehead atoms. The highest BCUT2D eigenvalue weighted by atomic mass is 19.1. The SMILES string of the molecule is CN1CCNc2cccc(n2)CCCCN(C(=O)c2cccc(F)c2)CC1=O. The van der Waals surface area contributed by atoms with Crippen LogP contribution in [0.5, 0.6) is 0 Å². The van der Waals surface area contributed by atoms with Gasteiger partial charge >= 0.3 is 0 Å². The lowest BCUT2D eigenvalue weighted by Gasteiger charge is -2.26. The number of likely N-dealkylation sites (N-methyl/N-ethyl adjacent to an activating group) is 1. The quantitative estimate of drug-likeness (QED) is 0.821. The molecule has 0 saturated heterocycles. The standard InChI is InChI=1S/C21H25FN4O2/c1-25-13-11-23-19-10-5-9-18(24-19)8-2-3-12-26(15-20(25)27)21(28)16-6-4-7-17(22)14-16/h4-7,9-10,14H,2-3,8,11-13,15H2,1H3,(H,23,24). The summed E-state index contributed by atoms with van der Waals surface area (Å²) in [6.07, 6.45) is 2.37. The highest BCUT2D eigenvalue weighted by Crippen LogP contribution is 2.12.